The molecule has 0 heterocycles. The fourth-order valence-corrected chi connectivity index (χ4v) is 2.07. The van der Waals surface area contributed by atoms with Crippen LogP contribution in [0.2, 0.25) is 0 Å². The highest BCUT2D eigenvalue weighted by Crippen LogP contribution is 2.06. The second kappa shape index (κ2) is 7.42. The molecule has 0 unspecified atom stereocenters. The monoisotopic (exact) mass is 302 g/mol. The van der Waals surface area contributed by atoms with Crippen molar-refractivity contribution in [2.75, 3.05) is 13.2 Å². The van der Waals surface area contributed by atoms with E-state index in [9.17, 15) is 16.8 Å². The van der Waals surface area contributed by atoms with Crippen LogP contribution in [0.5, 0.6) is 0 Å². The van der Waals surface area contributed by atoms with Gasteiger partial charge in [0.1, 0.15) is 0 Å². The Bertz CT molecular complexity index is 379. The Morgan fingerprint density at radius 1 is 0.722 bits per heavy atom. The van der Waals surface area contributed by atoms with Gasteiger partial charge in [-0.15, -0.1) is 0 Å². The maximum atomic E-state index is 11.3. The summed E-state index contributed by atoms with van der Waals surface area (Å²) in [5, 5.41) is -1.15. The molecular weight excluding hydrogens is 280 g/mol. The standard InChI is InChI=1S/C10H22O6S2/c1-9(2)17(11,12)15-7-5-6-8-16-18(13,14)10(3)4/h9-10H,5-8H2,1-4H3. The maximum absolute atomic E-state index is 11.3. The van der Waals surface area contributed by atoms with Crippen molar-refractivity contribution in [3.05, 3.63) is 0 Å². The van der Waals surface area contributed by atoms with E-state index < -0.39 is 30.7 Å². The van der Waals surface area contributed by atoms with Crippen LogP contribution in [-0.2, 0) is 28.6 Å². The average molecular weight is 302 g/mol. The van der Waals surface area contributed by atoms with Gasteiger partial charge >= 0.3 is 0 Å². The molecule has 0 saturated heterocycles. The van der Waals surface area contributed by atoms with Crippen LogP contribution >= 0.6 is 0 Å². The molecule has 6 nitrogen and oxygen atoms in total. The Hall–Kier alpha value is -0.180. The van der Waals surface area contributed by atoms with Crippen molar-refractivity contribution in [1.29, 1.82) is 0 Å². The zero-order valence-electron chi connectivity index (χ0n) is 11.2. The number of hydrogen-bond donors (Lipinski definition) is 0. The molecule has 0 atom stereocenters. The van der Waals surface area contributed by atoms with Crippen molar-refractivity contribution in [2.24, 2.45) is 0 Å². The summed E-state index contributed by atoms with van der Waals surface area (Å²) in [6.45, 7) is 6.24. The van der Waals surface area contributed by atoms with Gasteiger partial charge in [-0.2, -0.15) is 16.8 Å². The highest BCUT2D eigenvalue weighted by Gasteiger charge is 2.17. The Balaban J connectivity index is 3.78. The Labute approximate surface area is 110 Å². The van der Waals surface area contributed by atoms with E-state index in [0.717, 1.165) is 0 Å². The topological polar surface area (TPSA) is 86.7 Å². The lowest BCUT2D eigenvalue weighted by atomic mass is 10.3. The third kappa shape index (κ3) is 6.67. The lowest BCUT2D eigenvalue weighted by Crippen LogP contribution is -2.19. The normalized spacial score (nSPS) is 13.4. The lowest BCUT2D eigenvalue weighted by molar-refractivity contribution is 0.267. The first-order chi connectivity index (χ1) is 8.09. The number of unbranched alkanes of at least 4 members (excludes halogenated alkanes) is 1. The highest BCUT2D eigenvalue weighted by molar-refractivity contribution is 7.87. The summed E-state index contributed by atoms with van der Waals surface area (Å²) in [6.07, 6.45) is 0.860. The molecule has 0 fully saturated rings. The SMILES string of the molecule is CC(C)S(=O)(=O)OCCCCOS(=O)(=O)C(C)C. The zero-order valence-corrected chi connectivity index (χ0v) is 12.9. The van der Waals surface area contributed by atoms with Gasteiger partial charge < -0.3 is 0 Å². The zero-order chi connectivity index (χ0) is 14.4. The highest BCUT2D eigenvalue weighted by atomic mass is 32.2. The first-order valence-electron chi connectivity index (χ1n) is 5.86. The van der Waals surface area contributed by atoms with E-state index in [4.69, 9.17) is 8.37 Å². The second-order valence-corrected chi connectivity index (χ2v) is 8.76. The quantitative estimate of drug-likeness (QED) is 0.471. The van der Waals surface area contributed by atoms with E-state index in [0.29, 0.717) is 12.8 Å². The fourth-order valence-electron chi connectivity index (χ4n) is 0.826. The summed E-state index contributed by atoms with van der Waals surface area (Å²) in [4.78, 5) is 0. The predicted octanol–water partition coefficient (Wildman–Crippen LogP) is 1.28. The van der Waals surface area contributed by atoms with Crippen molar-refractivity contribution in [3.63, 3.8) is 0 Å². The molecule has 8 heteroatoms. The summed E-state index contributed by atoms with van der Waals surface area (Å²) in [7, 11) is -6.97. The average Bonchev–Trinajstić information content (AvgIpc) is 2.22. The smallest absolute Gasteiger partial charge is 0.269 e. The van der Waals surface area contributed by atoms with Gasteiger partial charge in [-0.3, -0.25) is 8.37 Å². The molecule has 0 saturated carbocycles. The molecule has 0 rings (SSSR count). The first-order valence-corrected chi connectivity index (χ1v) is 8.80. The van der Waals surface area contributed by atoms with Gasteiger partial charge in [0.05, 0.1) is 23.7 Å². The summed E-state index contributed by atoms with van der Waals surface area (Å²) in [6, 6.07) is 0. The molecule has 0 aliphatic carbocycles. The van der Waals surface area contributed by atoms with E-state index in [1.807, 2.05) is 0 Å². The molecular formula is C10H22O6S2. The van der Waals surface area contributed by atoms with Crippen LogP contribution in [0.4, 0.5) is 0 Å². The van der Waals surface area contributed by atoms with Gasteiger partial charge in [0.25, 0.3) is 20.2 Å². The predicted molar refractivity (Wildman–Crippen MR) is 69.2 cm³/mol. The van der Waals surface area contributed by atoms with E-state index in [1.165, 1.54) is 27.7 Å². The molecule has 0 N–H and O–H groups in total. The van der Waals surface area contributed by atoms with Gasteiger partial charge in [0, 0.05) is 0 Å². The molecule has 0 aliphatic heterocycles. The molecule has 18 heavy (non-hydrogen) atoms. The second-order valence-electron chi connectivity index (χ2n) is 4.43. The van der Waals surface area contributed by atoms with Crippen LogP contribution in [0.1, 0.15) is 40.5 Å². The van der Waals surface area contributed by atoms with Crippen LogP contribution < -0.4 is 0 Å². The lowest BCUT2D eigenvalue weighted by Gasteiger charge is -2.09. The van der Waals surface area contributed by atoms with E-state index in [2.05, 4.69) is 0 Å². The summed E-state index contributed by atoms with van der Waals surface area (Å²) < 4.78 is 54.5. The summed E-state index contributed by atoms with van der Waals surface area (Å²) in [5.41, 5.74) is 0. The van der Waals surface area contributed by atoms with E-state index in [-0.39, 0.29) is 13.2 Å². The van der Waals surface area contributed by atoms with Gasteiger partial charge in [0.2, 0.25) is 0 Å². The van der Waals surface area contributed by atoms with Gasteiger partial charge in [-0.25, -0.2) is 0 Å². The minimum atomic E-state index is -3.49. The van der Waals surface area contributed by atoms with E-state index in [1.54, 1.807) is 0 Å². The molecule has 0 aromatic heterocycles. The number of rotatable bonds is 9. The van der Waals surface area contributed by atoms with Crippen molar-refractivity contribution in [3.8, 4) is 0 Å². The third-order valence-electron chi connectivity index (χ3n) is 2.19. The minimum absolute atomic E-state index is 0.0472. The van der Waals surface area contributed by atoms with Gasteiger partial charge in [-0.1, -0.05) is 0 Å². The molecule has 0 aromatic carbocycles. The molecule has 110 valence electrons. The van der Waals surface area contributed by atoms with Gasteiger partial charge in [0.15, 0.2) is 0 Å². The molecule has 0 radical (unpaired) electrons. The van der Waals surface area contributed by atoms with Crippen LogP contribution in [0, 0.1) is 0 Å². The maximum Gasteiger partial charge on any atom is 0.269 e. The van der Waals surface area contributed by atoms with Crippen molar-refractivity contribution < 1.29 is 25.2 Å². The molecule has 0 aliphatic rings. The van der Waals surface area contributed by atoms with Crippen molar-refractivity contribution in [1.82, 2.24) is 0 Å². The van der Waals surface area contributed by atoms with Gasteiger partial charge in [-0.05, 0) is 40.5 Å². The Kier molecular flexibility index (Phi) is 7.34. The van der Waals surface area contributed by atoms with Crippen LogP contribution in [0.3, 0.4) is 0 Å². The number of hydrogen-bond acceptors (Lipinski definition) is 6. The van der Waals surface area contributed by atoms with E-state index >= 15 is 0 Å². The summed E-state index contributed by atoms with van der Waals surface area (Å²) >= 11 is 0. The summed E-state index contributed by atoms with van der Waals surface area (Å²) in [5.74, 6) is 0. The van der Waals surface area contributed by atoms with Crippen LogP contribution in [-0.4, -0.2) is 40.5 Å². The Morgan fingerprint density at radius 3 is 1.22 bits per heavy atom. The first kappa shape index (κ1) is 17.8. The van der Waals surface area contributed by atoms with Crippen LogP contribution in [0.15, 0.2) is 0 Å². The largest absolute Gasteiger partial charge is 0.270 e. The van der Waals surface area contributed by atoms with Crippen molar-refractivity contribution >= 4 is 20.2 Å². The third-order valence-corrected chi connectivity index (χ3v) is 5.49. The Morgan fingerprint density at radius 2 is 1.00 bits per heavy atom. The van der Waals surface area contributed by atoms with Crippen molar-refractivity contribution in [2.45, 2.75) is 51.0 Å². The fraction of sp³-hybridized carbons (Fsp3) is 1.00. The molecule has 0 aromatic rings. The molecule has 0 spiro atoms. The molecule has 0 amide bonds. The molecule has 0 bridgehead atoms. The van der Waals surface area contributed by atoms with Crippen LogP contribution in [0.25, 0.3) is 0 Å². The minimum Gasteiger partial charge on any atom is -0.270 e.